The van der Waals surface area contributed by atoms with Gasteiger partial charge in [0, 0.05) is 10.7 Å². The Morgan fingerprint density at radius 1 is 1.22 bits per heavy atom. The van der Waals surface area contributed by atoms with E-state index in [1.54, 1.807) is 44.2 Å². The van der Waals surface area contributed by atoms with Crippen molar-refractivity contribution in [1.29, 1.82) is 0 Å². The van der Waals surface area contributed by atoms with Crippen molar-refractivity contribution >= 4 is 29.1 Å². The van der Waals surface area contributed by atoms with E-state index in [1.165, 1.54) is 0 Å². The van der Waals surface area contributed by atoms with Crippen molar-refractivity contribution < 1.29 is 19.1 Å². The smallest absolute Gasteiger partial charge is 0.313 e. The molecule has 0 saturated heterocycles. The molecule has 2 rings (SSSR count). The van der Waals surface area contributed by atoms with Crippen LogP contribution < -0.4 is 10.6 Å². The van der Waals surface area contributed by atoms with Gasteiger partial charge in [-0.2, -0.15) is 0 Å². The molecule has 23 heavy (non-hydrogen) atoms. The molecule has 0 aliphatic carbocycles. The molecule has 0 fully saturated rings. The molecular weight excluding hydrogens is 320 g/mol. The monoisotopic (exact) mass is 336 g/mol. The summed E-state index contributed by atoms with van der Waals surface area (Å²) in [6, 6.07) is 8.30. The molecule has 2 amide bonds. The summed E-state index contributed by atoms with van der Waals surface area (Å²) in [6.45, 7) is 3.40. The minimum Gasteiger partial charge on any atom is -0.464 e. The number of furan rings is 1. The third-order valence-corrected chi connectivity index (χ3v) is 3.43. The number of hydrogen-bond donors (Lipinski definition) is 3. The highest BCUT2D eigenvalue weighted by Crippen LogP contribution is 2.20. The highest BCUT2D eigenvalue weighted by atomic mass is 35.5. The molecule has 3 N–H and O–H groups in total. The first-order chi connectivity index (χ1) is 10.9. The number of benzene rings is 1. The number of rotatable bonds is 4. The van der Waals surface area contributed by atoms with E-state index in [-0.39, 0.29) is 6.54 Å². The highest BCUT2D eigenvalue weighted by Gasteiger charge is 2.18. The van der Waals surface area contributed by atoms with E-state index in [0.29, 0.717) is 22.2 Å². The molecule has 1 atom stereocenters. The third kappa shape index (κ3) is 4.58. The molecule has 1 aromatic heterocycles. The Balaban J connectivity index is 1.90. The number of aliphatic hydroxyl groups excluding tert-OH is 1. The van der Waals surface area contributed by atoms with Gasteiger partial charge in [0.1, 0.15) is 17.6 Å². The number of aryl methyl sites for hydroxylation is 2. The topological polar surface area (TPSA) is 91.6 Å². The van der Waals surface area contributed by atoms with Crippen LogP contribution in [0.5, 0.6) is 0 Å². The van der Waals surface area contributed by atoms with E-state index in [1.807, 2.05) is 0 Å². The van der Waals surface area contributed by atoms with Gasteiger partial charge >= 0.3 is 11.8 Å². The van der Waals surface area contributed by atoms with Crippen molar-refractivity contribution in [2.45, 2.75) is 20.0 Å². The van der Waals surface area contributed by atoms with Gasteiger partial charge in [-0.3, -0.25) is 9.59 Å². The molecule has 0 saturated carbocycles. The lowest BCUT2D eigenvalue weighted by molar-refractivity contribution is -0.136. The molecule has 0 aliphatic heterocycles. The summed E-state index contributed by atoms with van der Waals surface area (Å²) in [5, 5.41) is 15.2. The first-order valence-electron chi connectivity index (χ1n) is 6.96. The molecule has 122 valence electrons. The number of anilines is 1. The van der Waals surface area contributed by atoms with Gasteiger partial charge in [0.2, 0.25) is 0 Å². The molecule has 0 radical (unpaired) electrons. The number of nitrogens with one attached hydrogen (secondary N) is 2. The van der Waals surface area contributed by atoms with E-state index in [4.69, 9.17) is 16.0 Å². The number of carbonyl (C=O) groups excluding carboxylic acids is 2. The zero-order valence-corrected chi connectivity index (χ0v) is 13.5. The normalized spacial score (nSPS) is 11.8. The van der Waals surface area contributed by atoms with Gasteiger partial charge in [0.05, 0.1) is 6.54 Å². The average Bonchev–Trinajstić information content (AvgIpc) is 2.94. The fourth-order valence-corrected chi connectivity index (χ4v) is 2.08. The minimum absolute atomic E-state index is 0.131. The van der Waals surface area contributed by atoms with Crippen LogP contribution in [0.4, 0.5) is 5.69 Å². The summed E-state index contributed by atoms with van der Waals surface area (Å²) in [6.07, 6.45) is -1.02. The van der Waals surface area contributed by atoms with Crippen molar-refractivity contribution in [3.63, 3.8) is 0 Å². The molecular formula is C16H17ClN2O4. The number of carbonyl (C=O) groups is 2. The fraction of sp³-hybridized carbons (Fsp3) is 0.250. The summed E-state index contributed by atoms with van der Waals surface area (Å²) in [4.78, 5) is 23.6. The Morgan fingerprint density at radius 3 is 2.61 bits per heavy atom. The number of amides is 2. The predicted octanol–water partition coefficient (Wildman–Crippen LogP) is 2.34. The first-order valence-corrected chi connectivity index (χ1v) is 7.34. The maximum atomic E-state index is 11.9. The number of aliphatic hydroxyl groups is 1. The van der Waals surface area contributed by atoms with E-state index in [0.717, 1.165) is 5.56 Å². The van der Waals surface area contributed by atoms with Crippen LogP contribution in [0.1, 0.15) is 23.2 Å². The minimum atomic E-state index is -1.02. The molecule has 1 aromatic carbocycles. The predicted molar refractivity (Wildman–Crippen MR) is 86.2 cm³/mol. The second kappa shape index (κ2) is 7.30. The number of hydrogen-bond acceptors (Lipinski definition) is 4. The lowest BCUT2D eigenvalue weighted by Crippen LogP contribution is -2.37. The number of halogens is 1. The molecule has 0 bridgehead atoms. The van der Waals surface area contributed by atoms with E-state index < -0.39 is 17.9 Å². The maximum absolute atomic E-state index is 11.9. The average molecular weight is 337 g/mol. The summed E-state index contributed by atoms with van der Waals surface area (Å²) in [5.74, 6) is -0.710. The van der Waals surface area contributed by atoms with E-state index >= 15 is 0 Å². The van der Waals surface area contributed by atoms with Crippen LogP contribution in [0, 0.1) is 13.8 Å². The summed E-state index contributed by atoms with van der Waals surface area (Å²) >= 11 is 5.86. The van der Waals surface area contributed by atoms with Crippen LogP contribution in [0.25, 0.3) is 0 Å². The zero-order valence-electron chi connectivity index (χ0n) is 12.7. The summed E-state index contributed by atoms with van der Waals surface area (Å²) in [7, 11) is 0. The molecule has 6 nitrogen and oxygen atoms in total. The van der Waals surface area contributed by atoms with Crippen LogP contribution in [0.3, 0.4) is 0 Å². The first kappa shape index (κ1) is 17.1. The van der Waals surface area contributed by atoms with Gasteiger partial charge in [-0.05, 0) is 43.7 Å². The van der Waals surface area contributed by atoms with Crippen LogP contribution >= 0.6 is 11.6 Å². The van der Waals surface area contributed by atoms with Crippen molar-refractivity contribution in [2.24, 2.45) is 0 Å². The van der Waals surface area contributed by atoms with Gasteiger partial charge in [-0.25, -0.2) is 0 Å². The molecule has 1 unspecified atom stereocenters. The molecule has 7 heteroatoms. The molecule has 2 aromatic rings. The quantitative estimate of drug-likeness (QED) is 0.747. The zero-order chi connectivity index (χ0) is 17.0. The van der Waals surface area contributed by atoms with Crippen molar-refractivity contribution in [3.8, 4) is 0 Å². The second-order valence-corrected chi connectivity index (χ2v) is 5.52. The molecule has 0 spiro atoms. The Morgan fingerprint density at radius 2 is 1.96 bits per heavy atom. The van der Waals surface area contributed by atoms with Crippen molar-refractivity contribution in [3.05, 3.63) is 52.4 Å². The third-order valence-electron chi connectivity index (χ3n) is 3.20. The Labute approximate surface area is 138 Å². The van der Waals surface area contributed by atoms with Gasteiger partial charge in [-0.15, -0.1) is 0 Å². The molecule has 0 aliphatic rings. The summed E-state index contributed by atoms with van der Waals surface area (Å²) < 4.78 is 5.25. The van der Waals surface area contributed by atoms with Gasteiger partial charge in [0.15, 0.2) is 0 Å². The van der Waals surface area contributed by atoms with Crippen LogP contribution in [0.2, 0.25) is 5.02 Å². The van der Waals surface area contributed by atoms with E-state index in [9.17, 15) is 14.7 Å². The van der Waals surface area contributed by atoms with Crippen LogP contribution in [-0.4, -0.2) is 23.5 Å². The lowest BCUT2D eigenvalue weighted by atomic mass is 10.2. The van der Waals surface area contributed by atoms with Gasteiger partial charge in [-0.1, -0.05) is 17.7 Å². The SMILES string of the molecule is Cc1ccc(C(O)CNC(=O)C(=O)Nc2cc(Cl)ccc2C)o1. The Kier molecular flexibility index (Phi) is 5.41. The second-order valence-electron chi connectivity index (χ2n) is 5.09. The Hall–Kier alpha value is -2.31. The fourth-order valence-electron chi connectivity index (χ4n) is 1.91. The largest absolute Gasteiger partial charge is 0.464 e. The van der Waals surface area contributed by atoms with Crippen molar-refractivity contribution in [2.75, 3.05) is 11.9 Å². The van der Waals surface area contributed by atoms with Crippen molar-refractivity contribution in [1.82, 2.24) is 5.32 Å². The lowest BCUT2D eigenvalue weighted by Gasteiger charge is -2.11. The summed E-state index contributed by atoms with van der Waals surface area (Å²) in [5.41, 5.74) is 1.24. The molecule has 1 heterocycles. The Bertz CT molecular complexity index is 727. The van der Waals surface area contributed by atoms with Gasteiger partial charge in [0.25, 0.3) is 0 Å². The maximum Gasteiger partial charge on any atom is 0.313 e. The standard InChI is InChI=1S/C16H17ClN2O4/c1-9-3-5-11(17)7-12(9)19-16(22)15(21)18-8-13(20)14-6-4-10(2)23-14/h3-7,13,20H,8H2,1-2H3,(H,18,21)(H,19,22). The van der Waals surface area contributed by atoms with E-state index in [2.05, 4.69) is 10.6 Å². The van der Waals surface area contributed by atoms with Crippen LogP contribution in [0.15, 0.2) is 34.7 Å². The highest BCUT2D eigenvalue weighted by molar-refractivity contribution is 6.40. The van der Waals surface area contributed by atoms with Gasteiger partial charge < -0.3 is 20.2 Å². The van der Waals surface area contributed by atoms with Crippen LogP contribution in [-0.2, 0) is 9.59 Å².